The van der Waals surface area contributed by atoms with Gasteiger partial charge in [0.15, 0.2) is 0 Å². The second-order valence-corrected chi connectivity index (χ2v) is 6.07. The number of rotatable bonds is 7. The van der Waals surface area contributed by atoms with Gasteiger partial charge in [0.05, 0.1) is 5.69 Å². The molecule has 0 atom stereocenters. The van der Waals surface area contributed by atoms with E-state index in [1.165, 1.54) is 0 Å². The highest BCUT2D eigenvalue weighted by atomic mass is 32.2. The number of hydrogen-bond acceptors (Lipinski definition) is 3. The molecule has 1 aromatic carbocycles. The monoisotopic (exact) mass is 302 g/mol. The third kappa shape index (κ3) is 5.26. The van der Waals surface area contributed by atoms with Crippen LogP contribution in [0.2, 0.25) is 0 Å². The topological polar surface area (TPSA) is 89.3 Å². The molecule has 0 aliphatic heterocycles. The van der Waals surface area contributed by atoms with Crippen LogP contribution in [0.15, 0.2) is 23.1 Å². The fourth-order valence-corrected chi connectivity index (χ4v) is 2.45. The molecular weight excluding hydrogens is 283 g/mol. The molecular formula is C13H19FN2O3S. The summed E-state index contributed by atoms with van der Waals surface area (Å²) in [6.45, 7) is 2.06. The Hall–Kier alpha value is -1.47. The van der Waals surface area contributed by atoms with Gasteiger partial charge >= 0.3 is 0 Å². The first kappa shape index (κ1) is 16.6. The maximum atomic E-state index is 13.2. The van der Waals surface area contributed by atoms with Crippen molar-refractivity contribution in [2.75, 3.05) is 5.32 Å². The smallest absolute Gasteiger partial charge is 0.240 e. The summed E-state index contributed by atoms with van der Waals surface area (Å²) in [5.41, 5.74) is -0.118. The van der Waals surface area contributed by atoms with E-state index in [-0.39, 0.29) is 22.9 Å². The number of benzene rings is 1. The minimum absolute atomic E-state index is 0.118. The van der Waals surface area contributed by atoms with E-state index in [9.17, 15) is 17.6 Å². The van der Waals surface area contributed by atoms with Crippen molar-refractivity contribution in [3.63, 3.8) is 0 Å². The predicted octanol–water partition coefficient (Wildman–Crippen LogP) is 2.38. The molecule has 7 heteroatoms. The van der Waals surface area contributed by atoms with E-state index in [0.717, 1.165) is 37.5 Å². The lowest BCUT2D eigenvalue weighted by Gasteiger charge is -2.09. The predicted molar refractivity (Wildman–Crippen MR) is 75.2 cm³/mol. The molecule has 1 aromatic rings. The maximum absolute atomic E-state index is 13.2. The molecule has 0 saturated heterocycles. The minimum Gasteiger partial charge on any atom is -0.325 e. The summed E-state index contributed by atoms with van der Waals surface area (Å²) < 4.78 is 35.9. The number of halogens is 1. The van der Waals surface area contributed by atoms with Crippen LogP contribution >= 0.6 is 0 Å². The molecule has 5 nitrogen and oxygen atoms in total. The van der Waals surface area contributed by atoms with Crippen molar-refractivity contribution in [2.45, 2.75) is 43.9 Å². The second kappa shape index (κ2) is 7.35. The molecule has 0 bridgehead atoms. The van der Waals surface area contributed by atoms with E-state index in [4.69, 9.17) is 5.14 Å². The summed E-state index contributed by atoms with van der Waals surface area (Å²) in [5.74, 6) is -0.990. The van der Waals surface area contributed by atoms with Gasteiger partial charge in [-0.1, -0.05) is 26.2 Å². The highest BCUT2D eigenvalue weighted by molar-refractivity contribution is 7.89. The Kier molecular flexibility index (Phi) is 6.09. The number of anilines is 1. The summed E-state index contributed by atoms with van der Waals surface area (Å²) in [7, 11) is -4.01. The molecule has 0 radical (unpaired) electrons. The summed E-state index contributed by atoms with van der Waals surface area (Å²) in [6.07, 6.45) is 3.99. The average molecular weight is 302 g/mol. The number of sulfonamides is 1. The second-order valence-electron chi connectivity index (χ2n) is 4.54. The van der Waals surface area contributed by atoms with Crippen LogP contribution in [0, 0.1) is 5.82 Å². The van der Waals surface area contributed by atoms with Gasteiger partial charge in [-0.3, -0.25) is 4.79 Å². The third-order valence-electron chi connectivity index (χ3n) is 2.78. The zero-order valence-electron chi connectivity index (χ0n) is 11.4. The molecule has 1 rings (SSSR count). The molecule has 3 N–H and O–H groups in total. The lowest BCUT2D eigenvalue weighted by molar-refractivity contribution is -0.116. The van der Waals surface area contributed by atoms with Crippen LogP contribution in [0.5, 0.6) is 0 Å². The van der Waals surface area contributed by atoms with Gasteiger partial charge in [0.2, 0.25) is 15.9 Å². The van der Waals surface area contributed by atoms with Gasteiger partial charge in [-0.2, -0.15) is 0 Å². The number of carbonyl (C=O) groups excluding carboxylic acids is 1. The number of nitrogens with two attached hydrogens (primary N) is 1. The zero-order valence-corrected chi connectivity index (χ0v) is 12.2. The van der Waals surface area contributed by atoms with E-state index in [0.29, 0.717) is 6.42 Å². The summed E-state index contributed by atoms with van der Waals surface area (Å²) in [5, 5.41) is 7.42. The standard InChI is InChI=1S/C13H19FN2O3S/c1-2-3-4-5-6-13(17)16-11-9-10(14)7-8-12(11)20(15,18)19/h7-9H,2-6H2,1H3,(H,16,17)(H2,15,18,19). The molecule has 0 fully saturated rings. The van der Waals surface area contributed by atoms with Crippen LogP contribution in [-0.2, 0) is 14.8 Å². The van der Waals surface area contributed by atoms with E-state index in [1.54, 1.807) is 0 Å². The largest absolute Gasteiger partial charge is 0.325 e. The number of primary sulfonamides is 1. The van der Waals surface area contributed by atoms with Crippen molar-refractivity contribution in [3.8, 4) is 0 Å². The number of hydrogen-bond donors (Lipinski definition) is 2. The van der Waals surface area contributed by atoms with E-state index in [1.807, 2.05) is 0 Å². The van der Waals surface area contributed by atoms with E-state index < -0.39 is 15.8 Å². The van der Waals surface area contributed by atoms with Crippen LogP contribution in [0.1, 0.15) is 39.0 Å². The molecule has 0 aliphatic carbocycles. The van der Waals surface area contributed by atoms with E-state index >= 15 is 0 Å². The Morgan fingerprint density at radius 1 is 1.30 bits per heavy atom. The number of nitrogens with one attached hydrogen (secondary N) is 1. The number of amides is 1. The van der Waals surface area contributed by atoms with Gasteiger partial charge in [0, 0.05) is 6.42 Å². The Labute approximate surface area is 118 Å². The van der Waals surface area contributed by atoms with Crippen molar-refractivity contribution in [2.24, 2.45) is 5.14 Å². The lowest BCUT2D eigenvalue weighted by atomic mass is 10.1. The quantitative estimate of drug-likeness (QED) is 0.758. The van der Waals surface area contributed by atoms with Crippen molar-refractivity contribution in [3.05, 3.63) is 24.0 Å². The normalized spacial score (nSPS) is 11.3. The van der Waals surface area contributed by atoms with E-state index in [2.05, 4.69) is 12.2 Å². The minimum atomic E-state index is -4.01. The SMILES string of the molecule is CCCCCCC(=O)Nc1cc(F)ccc1S(N)(=O)=O. The molecule has 112 valence electrons. The lowest BCUT2D eigenvalue weighted by Crippen LogP contribution is -2.18. The molecule has 20 heavy (non-hydrogen) atoms. The van der Waals surface area contributed by atoms with Gasteiger partial charge in [-0.05, 0) is 24.6 Å². The van der Waals surface area contributed by atoms with Gasteiger partial charge in [-0.15, -0.1) is 0 Å². The maximum Gasteiger partial charge on any atom is 0.240 e. The van der Waals surface area contributed by atoms with Crippen LogP contribution in [0.4, 0.5) is 10.1 Å². The van der Waals surface area contributed by atoms with Crippen LogP contribution in [-0.4, -0.2) is 14.3 Å². The van der Waals surface area contributed by atoms with Gasteiger partial charge in [0.25, 0.3) is 0 Å². The summed E-state index contributed by atoms with van der Waals surface area (Å²) in [4.78, 5) is 11.4. The molecule has 0 unspecified atom stereocenters. The Morgan fingerprint density at radius 3 is 2.60 bits per heavy atom. The first-order valence-corrected chi connectivity index (χ1v) is 8.01. The fraction of sp³-hybridized carbons (Fsp3) is 0.462. The highest BCUT2D eigenvalue weighted by Crippen LogP contribution is 2.21. The average Bonchev–Trinajstić information content (AvgIpc) is 2.33. The summed E-state index contributed by atoms with van der Waals surface area (Å²) >= 11 is 0. The Bertz CT molecular complexity index is 573. The molecule has 0 spiro atoms. The Balaban J connectivity index is 2.76. The Morgan fingerprint density at radius 2 is 2.00 bits per heavy atom. The third-order valence-corrected chi connectivity index (χ3v) is 3.75. The van der Waals surface area contributed by atoms with Crippen LogP contribution in [0.3, 0.4) is 0 Å². The first-order valence-electron chi connectivity index (χ1n) is 6.46. The van der Waals surface area contributed by atoms with Crippen molar-refractivity contribution < 1.29 is 17.6 Å². The summed E-state index contributed by atoms with van der Waals surface area (Å²) in [6, 6.07) is 2.97. The van der Waals surface area contributed by atoms with Crippen molar-refractivity contribution in [1.82, 2.24) is 0 Å². The van der Waals surface area contributed by atoms with Crippen LogP contribution in [0.25, 0.3) is 0 Å². The molecule has 0 aromatic heterocycles. The van der Waals surface area contributed by atoms with Crippen molar-refractivity contribution in [1.29, 1.82) is 0 Å². The fourth-order valence-electron chi connectivity index (χ4n) is 1.77. The molecule has 0 saturated carbocycles. The molecule has 1 amide bonds. The van der Waals surface area contributed by atoms with Crippen molar-refractivity contribution >= 4 is 21.6 Å². The van der Waals surface area contributed by atoms with Crippen LogP contribution < -0.4 is 10.5 Å². The van der Waals surface area contributed by atoms with Gasteiger partial charge < -0.3 is 5.32 Å². The number of carbonyl (C=O) groups is 1. The van der Waals surface area contributed by atoms with Gasteiger partial charge in [-0.25, -0.2) is 17.9 Å². The molecule has 0 aliphatic rings. The molecule has 0 heterocycles. The zero-order chi connectivity index (χ0) is 15.2. The van der Waals surface area contributed by atoms with Gasteiger partial charge in [0.1, 0.15) is 10.7 Å². The first-order chi connectivity index (χ1) is 9.34. The number of unbranched alkanes of at least 4 members (excludes halogenated alkanes) is 3. The highest BCUT2D eigenvalue weighted by Gasteiger charge is 2.16.